The molecule has 0 heterocycles. The zero-order valence-corrected chi connectivity index (χ0v) is 35.8. The third-order valence-electron chi connectivity index (χ3n) is 11.2. The molecule has 0 radical (unpaired) electrons. The van der Waals surface area contributed by atoms with Crippen LogP contribution in [0.3, 0.4) is 0 Å². The van der Waals surface area contributed by atoms with E-state index in [4.69, 9.17) is 4.74 Å². The fourth-order valence-corrected chi connectivity index (χ4v) is 7.27. The van der Waals surface area contributed by atoms with E-state index in [0.717, 1.165) is 57.8 Å². The van der Waals surface area contributed by atoms with Crippen LogP contribution in [0.1, 0.15) is 131 Å². The standard InChI is InChI=1S/C48H76N2O6/c1-8-10-11-12-13-14-15-16-17-18-19-20-21-22-23-24-25-26-45(54)50(7)32-31-49-44(53)36-41(52)35-40(51)29-30-42-38(4)27-28-39-33-37(3)34-43(46(39)42)56-47(55)48(5,6)9-2/h10-11,13-14,16-17,19-20,22-23,27-28,33,37-38,40-43,46,51-52H,8-9,12,15,18,21,24-26,29-32,34-36H2,1-7H3,(H,49,53). The summed E-state index contributed by atoms with van der Waals surface area (Å²) in [5, 5.41) is 24.3. The Morgan fingerprint density at radius 1 is 0.929 bits per heavy atom. The Morgan fingerprint density at radius 3 is 2.14 bits per heavy atom. The maximum atomic E-state index is 13.1. The number of hydrogen-bond donors (Lipinski definition) is 3. The van der Waals surface area contributed by atoms with E-state index < -0.39 is 17.6 Å². The van der Waals surface area contributed by atoms with Crippen LogP contribution in [0.4, 0.5) is 0 Å². The quantitative estimate of drug-likeness (QED) is 0.0458. The fraction of sp³-hybridized carbons (Fsp3) is 0.646. The van der Waals surface area contributed by atoms with Gasteiger partial charge in [0.05, 0.1) is 24.0 Å². The second-order valence-corrected chi connectivity index (χ2v) is 16.6. The second kappa shape index (κ2) is 27.2. The SMILES string of the molecule is CCC=CCC=CCC=CCC=CCC=CCCCC(=O)N(C)CCNC(=O)CC(O)CC(O)CCC1C(C)C=CC2=CC(C)CC(OC(=O)C(C)(C)CC)C21. The molecule has 0 aromatic heterocycles. The lowest BCUT2D eigenvalue weighted by Gasteiger charge is -2.44. The van der Waals surface area contributed by atoms with Crippen LogP contribution in [0.25, 0.3) is 0 Å². The maximum absolute atomic E-state index is 13.1. The normalized spacial score (nSPS) is 22.6. The number of fused-ring (bicyclic) bond motifs is 1. The smallest absolute Gasteiger partial charge is 0.311 e. The Kier molecular flexibility index (Phi) is 23.6. The third kappa shape index (κ3) is 19.1. The number of carbonyl (C=O) groups is 3. The Bertz CT molecular complexity index is 1390. The molecule has 3 N–H and O–H groups in total. The molecular weight excluding hydrogens is 701 g/mol. The van der Waals surface area contributed by atoms with Crippen molar-refractivity contribution in [2.45, 2.75) is 150 Å². The lowest BCUT2D eigenvalue weighted by molar-refractivity contribution is -0.164. The van der Waals surface area contributed by atoms with Crippen LogP contribution in [0.15, 0.2) is 84.6 Å². The van der Waals surface area contributed by atoms with Crippen LogP contribution in [0.5, 0.6) is 0 Å². The number of rotatable bonds is 26. The summed E-state index contributed by atoms with van der Waals surface area (Å²) >= 11 is 0. The summed E-state index contributed by atoms with van der Waals surface area (Å²) in [6, 6.07) is 0. The van der Waals surface area contributed by atoms with Gasteiger partial charge in [-0.2, -0.15) is 0 Å². The van der Waals surface area contributed by atoms with Crippen molar-refractivity contribution in [2.75, 3.05) is 20.1 Å². The molecule has 7 atom stereocenters. The number of ether oxygens (including phenoxy) is 1. The highest BCUT2D eigenvalue weighted by Gasteiger charge is 2.43. The van der Waals surface area contributed by atoms with Gasteiger partial charge in [0.25, 0.3) is 0 Å². The molecule has 8 heteroatoms. The first kappa shape index (κ1) is 48.7. The molecule has 7 unspecified atom stereocenters. The van der Waals surface area contributed by atoms with Gasteiger partial charge in [-0.15, -0.1) is 0 Å². The molecule has 56 heavy (non-hydrogen) atoms. The molecule has 8 nitrogen and oxygen atoms in total. The molecule has 0 spiro atoms. The van der Waals surface area contributed by atoms with Crippen LogP contribution >= 0.6 is 0 Å². The number of aliphatic hydroxyl groups is 2. The van der Waals surface area contributed by atoms with E-state index in [-0.39, 0.29) is 54.5 Å². The minimum atomic E-state index is -0.972. The topological polar surface area (TPSA) is 116 Å². The largest absolute Gasteiger partial charge is 0.461 e. The summed E-state index contributed by atoms with van der Waals surface area (Å²) in [5.74, 6) is 0.391. The van der Waals surface area contributed by atoms with E-state index in [9.17, 15) is 24.6 Å². The first-order valence-electron chi connectivity index (χ1n) is 21.5. The van der Waals surface area contributed by atoms with Crippen molar-refractivity contribution in [2.24, 2.45) is 29.1 Å². The Labute approximate surface area is 340 Å². The molecule has 0 bridgehead atoms. The second-order valence-electron chi connectivity index (χ2n) is 16.6. The average Bonchev–Trinajstić information content (AvgIpc) is 3.15. The average molecular weight is 777 g/mol. The van der Waals surface area contributed by atoms with Crippen molar-refractivity contribution in [3.63, 3.8) is 0 Å². The number of likely N-dealkylation sites (N-methyl/N-ethyl adjacent to an activating group) is 1. The van der Waals surface area contributed by atoms with Crippen molar-refractivity contribution >= 4 is 17.8 Å². The first-order chi connectivity index (χ1) is 26.8. The number of allylic oxidation sites excluding steroid dienone is 13. The maximum Gasteiger partial charge on any atom is 0.311 e. The molecule has 0 aliphatic heterocycles. The Hall–Kier alpha value is -3.49. The summed E-state index contributed by atoms with van der Waals surface area (Å²) in [6.45, 7) is 13.0. The van der Waals surface area contributed by atoms with Crippen LogP contribution in [-0.4, -0.2) is 71.3 Å². The summed E-state index contributed by atoms with van der Waals surface area (Å²) < 4.78 is 6.21. The van der Waals surface area contributed by atoms with Gasteiger partial charge in [0.1, 0.15) is 6.10 Å². The Balaban J connectivity index is 1.63. The fourth-order valence-electron chi connectivity index (χ4n) is 7.27. The van der Waals surface area contributed by atoms with Gasteiger partial charge in [-0.25, -0.2) is 0 Å². The molecule has 0 aromatic carbocycles. The number of nitrogens with zero attached hydrogens (tertiary/aromatic N) is 1. The molecule has 0 aromatic rings. The highest BCUT2D eigenvalue weighted by atomic mass is 16.5. The molecule has 0 fully saturated rings. The summed E-state index contributed by atoms with van der Waals surface area (Å²) in [6.07, 6.45) is 36.1. The molecule has 2 aliphatic carbocycles. The van der Waals surface area contributed by atoms with Gasteiger partial charge in [0, 0.05) is 32.5 Å². The van der Waals surface area contributed by atoms with Gasteiger partial charge in [0.2, 0.25) is 11.8 Å². The van der Waals surface area contributed by atoms with E-state index in [1.54, 1.807) is 11.9 Å². The van der Waals surface area contributed by atoms with E-state index in [0.29, 0.717) is 38.3 Å². The Morgan fingerprint density at radius 2 is 1.54 bits per heavy atom. The predicted octanol–water partition coefficient (Wildman–Crippen LogP) is 9.52. The molecule has 2 aliphatic rings. The number of hydrogen-bond acceptors (Lipinski definition) is 6. The monoisotopic (exact) mass is 777 g/mol. The van der Waals surface area contributed by atoms with Gasteiger partial charge < -0.3 is 25.2 Å². The van der Waals surface area contributed by atoms with Crippen LogP contribution < -0.4 is 5.32 Å². The van der Waals surface area contributed by atoms with Crippen molar-refractivity contribution in [1.82, 2.24) is 10.2 Å². The van der Waals surface area contributed by atoms with Crippen molar-refractivity contribution in [3.05, 3.63) is 84.6 Å². The van der Waals surface area contributed by atoms with Crippen LogP contribution in [-0.2, 0) is 19.1 Å². The molecule has 2 rings (SSSR count). The van der Waals surface area contributed by atoms with E-state index in [2.05, 4.69) is 105 Å². The van der Waals surface area contributed by atoms with Crippen LogP contribution in [0.2, 0.25) is 0 Å². The molecule has 314 valence electrons. The molecular formula is C48H76N2O6. The summed E-state index contributed by atoms with van der Waals surface area (Å²) in [4.78, 5) is 39.8. The highest BCUT2D eigenvalue weighted by Crippen LogP contribution is 2.45. The molecule has 2 amide bonds. The van der Waals surface area contributed by atoms with Gasteiger partial charge in [-0.1, -0.05) is 107 Å². The zero-order chi connectivity index (χ0) is 41.3. The number of aliphatic hydroxyl groups excluding tert-OH is 2. The molecule has 0 saturated heterocycles. The lowest BCUT2D eigenvalue weighted by atomic mass is 9.65. The lowest BCUT2D eigenvalue weighted by Crippen LogP contribution is -2.43. The first-order valence-corrected chi connectivity index (χ1v) is 21.5. The van der Waals surface area contributed by atoms with E-state index in [1.807, 2.05) is 20.8 Å². The van der Waals surface area contributed by atoms with Gasteiger partial charge >= 0.3 is 5.97 Å². The summed E-state index contributed by atoms with van der Waals surface area (Å²) in [5.41, 5.74) is 0.666. The number of nitrogens with one attached hydrogen (secondary N) is 1. The van der Waals surface area contributed by atoms with Crippen molar-refractivity contribution in [1.29, 1.82) is 0 Å². The van der Waals surface area contributed by atoms with Crippen molar-refractivity contribution in [3.8, 4) is 0 Å². The van der Waals surface area contributed by atoms with E-state index in [1.165, 1.54) is 5.57 Å². The van der Waals surface area contributed by atoms with Crippen LogP contribution in [0, 0.1) is 29.1 Å². The van der Waals surface area contributed by atoms with Gasteiger partial charge in [0.15, 0.2) is 0 Å². The number of esters is 1. The van der Waals surface area contributed by atoms with Gasteiger partial charge in [-0.3, -0.25) is 14.4 Å². The number of unbranched alkanes of at least 4 members (excludes halogenated alkanes) is 1. The predicted molar refractivity (Wildman–Crippen MR) is 231 cm³/mol. The molecule has 0 saturated carbocycles. The zero-order valence-electron chi connectivity index (χ0n) is 35.8. The number of carbonyl (C=O) groups excluding carboxylic acids is 3. The number of amides is 2. The van der Waals surface area contributed by atoms with Crippen molar-refractivity contribution < 1.29 is 29.3 Å². The third-order valence-corrected chi connectivity index (χ3v) is 11.2. The summed E-state index contributed by atoms with van der Waals surface area (Å²) in [7, 11) is 1.74. The minimum Gasteiger partial charge on any atom is -0.461 e. The van der Waals surface area contributed by atoms with Gasteiger partial charge in [-0.05, 0) is 114 Å². The minimum absolute atomic E-state index is 0.0390. The van der Waals surface area contributed by atoms with E-state index >= 15 is 0 Å². The highest BCUT2D eigenvalue weighted by molar-refractivity contribution is 5.77.